The van der Waals surface area contributed by atoms with Crippen LogP contribution in [0.1, 0.15) is 34.8 Å². The predicted octanol–water partition coefficient (Wildman–Crippen LogP) is 3.02. The van der Waals surface area contributed by atoms with E-state index in [4.69, 9.17) is 0 Å². The van der Waals surface area contributed by atoms with Crippen LogP contribution in [0.15, 0.2) is 29.6 Å². The lowest BCUT2D eigenvalue weighted by Crippen LogP contribution is -2.46. The molecule has 2 heterocycles. The molecule has 0 saturated carbocycles. The van der Waals surface area contributed by atoms with E-state index < -0.39 is 12.0 Å². The molecule has 0 radical (unpaired) electrons. The van der Waals surface area contributed by atoms with Crippen LogP contribution in [-0.4, -0.2) is 27.0 Å². The molecule has 1 aliphatic rings. The van der Waals surface area contributed by atoms with E-state index in [0.717, 1.165) is 16.3 Å². The number of aromatic nitrogens is 1. The Kier molecular flexibility index (Phi) is 3.78. The summed E-state index contributed by atoms with van der Waals surface area (Å²) in [6, 6.07) is 7.61. The maximum absolute atomic E-state index is 11.7. The average Bonchev–Trinajstić information content (AvgIpc) is 2.91. The second-order valence-corrected chi connectivity index (χ2v) is 6.53. The molecule has 2 atom stereocenters. The zero-order valence-corrected chi connectivity index (χ0v) is 12.9. The smallest absolute Gasteiger partial charge is 0.321 e. The van der Waals surface area contributed by atoms with E-state index in [-0.39, 0.29) is 6.04 Å². The van der Waals surface area contributed by atoms with Crippen LogP contribution in [0.4, 0.5) is 0 Å². The summed E-state index contributed by atoms with van der Waals surface area (Å²) in [6.45, 7) is 4.67. The molecule has 1 aromatic carbocycles. The van der Waals surface area contributed by atoms with Gasteiger partial charge in [0.15, 0.2) is 0 Å². The largest absolute Gasteiger partial charge is 0.480 e. The fraction of sp³-hybridized carbons (Fsp3) is 0.375. The summed E-state index contributed by atoms with van der Waals surface area (Å²) in [4.78, 5) is 18.2. The third-order valence-electron chi connectivity index (χ3n) is 4.13. The maximum Gasteiger partial charge on any atom is 0.321 e. The summed E-state index contributed by atoms with van der Waals surface area (Å²) in [5, 5.41) is 12.6. The van der Waals surface area contributed by atoms with Gasteiger partial charge in [-0.05, 0) is 31.4 Å². The van der Waals surface area contributed by atoms with E-state index in [9.17, 15) is 9.90 Å². The highest BCUT2D eigenvalue weighted by atomic mass is 32.1. The zero-order valence-electron chi connectivity index (χ0n) is 12.1. The quantitative estimate of drug-likeness (QED) is 0.947. The van der Waals surface area contributed by atoms with Gasteiger partial charge in [0.25, 0.3) is 0 Å². The molecule has 1 aliphatic heterocycles. The van der Waals surface area contributed by atoms with Crippen LogP contribution in [0.2, 0.25) is 0 Å². The lowest BCUT2D eigenvalue weighted by molar-refractivity contribution is -0.145. The standard InChI is InChI=1S/C16H18N2O2S/c1-10(14-9-21-11(2)17-14)18-8-13-6-4-3-5-12(13)7-15(18)16(19)20/h3-6,9-10,15H,7-8H2,1-2H3,(H,19,20). The lowest BCUT2D eigenvalue weighted by Gasteiger charge is -2.37. The average molecular weight is 302 g/mol. The fourth-order valence-corrected chi connectivity index (χ4v) is 3.62. The number of carboxylic acids is 1. The highest BCUT2D eigenvalue weighted by Gasteiger charge is 2.35. The Bertz CT molecular complexity index is 668. The van der Waals surface area contributed by atoms with Crippen LogP contribution >= 0.6 is 11.3 Å². The summed E-state index contributed by atoms with van der Waals surface area (Å²) in [5.41, 5.74) is 3.32. The summed E-state index contributed by atoms with van der Waals surface area (Å²) in [6.07, 6.45) is 0.555. The number of thiazole rings is 1. The normalized spacial score (nSPS) is 20.0. The van der Waals surface area contributed by atoms with Crippen molar-refractivity contribution in [2.45, 2.75) is 38.9 Å². The van der Waals surface area contributed by atoms with Gasteiger partial charge < -0.3 is 5.11 Å². The molecule has 0 amide bonds. The molecule has 0 fully saturated rings. The highest BCUT2D eigenvalue weighted by Crippen LogP contribution is 2.31. The van der Waals surface area contributed by atoms with Gasteiger partial charge in [-0.15, -0.1) is 11.3 Å². The molecule has 3 rings (SSSR count). The van der Waals surface area contributed by atoms with Gasteiger partial charge in [-0.1, -0.05) is 24.3 Å². The second kappa shape index (κ2) is 5.58. The molecule has 1 N–H and O–H groups in total. The highest BCUT2D eigenvalue weighted by molar-refractivity contribution is 7.09. The number of aliphatic carboxylic acids is 1. The number of carbonyl (C=O) groups is 1. The molecular formula is C16H18N2O2S. The van der Waals surface area contributed by atoms with Gasteiger partial charge in [0.05, 0.1) is 16.7 Å². The Morgan fingerprint density at radius 2 is 2.14 bits per heavy atom. The SMILES string of the molecule is Cc1nc(C(C)N2Cc3ccccc3CC2C(=O)O)cs1. The monoisotopic (exact) mass is 302 g/mol. The van der Waals surface area contributed by atoms with Gasteiger partial charge in [0.1, 0.15) is 6.04 Å². The van der Waals surface area contributed by atoms with Gasteiger partial charge in [0, 0.05) is 11.9 Å². The van der Waals surface area contributed by atoms with E-state index in [1.165, 1.54) is 5.56 Å². The lowest BCUT2D eigenvalue weighted by atomic mass is 9.92. The van der Waals surface area contributed by atoms with Crippen molar-refractivity contribution in [3.8, 4) is 0 Å². The molecule has 0 aliphatic carbocycles. The van der Waals surface area contributed by atoms with Gasteiger partial charge in [-0.2, -0.15) is 0 Å². The van der Waals surface area contributed by atoms with Gasteiger partial charge in [0.2, 0.25) is 0 Å². The Hall–Kier alpha value is -1.72. The van der Waals surface area contributed by atoms with E-state index >= 15 is 0 Å². The Morgan fingerprint density at radius 1 is 1.43 bits per heavy atom. The Balaban J connectivity index is 1.94. The van der Waals surface area contributed by atoms with E-state index in [2.05, 4.69) is 11.1 Å². The van der Waals surface area contributed by atoms with Crippen LogP contribution in [0.25, 0.3) is 0 Å². The second-order valence-electron chi connectivity index (χ2n) is 5.47. The van der Waals surface area contributed by atoms with Crippen molar-refractivity contribution in [2.24, 2.45) is 0 Å². The minimum atomic E-state index is -0.761. The van der Waals surface area contributed by atoms with Crippen molar-refractivity contribution < 1.29 is 9.90 Å². The topological polar surface area (TPSA) is 53.4 Å². The van der Waals surface area contributed by atoms with Crippen LogP contribution in [0.5, 0.6) is 0 Å². The van der Waals surface area contributed by atoms with Crippen LogP contribution < -0.4 is 0 Å². The number of fused-ring (bicyclic) bond motifs is 1. The number of aryl methyl sites for hydroxylation is 1. The number of carboxylic acid groups (broad SMARTS) is 1. The van der Waals surface area contributed by atoms with Crippen LogP contribution in [0, 0.1) is 6.92 Å². The molecule has 0 spiro atoms. The first-order valence-electron chi connectivity index (χ1n) is 7.03. The van der Waals surface area contributed by atoms with Gasteiger partial charge in [-0.3, -0.25) is 9.69 Å². The van der Waals surface area contributed by atoms with Crippen molar-refractivity contribution in [2.75, 3.05) is 0 Å². The maximum atomic E-state index is 11.7. The number of nitrogens with zero attached hydrogens (tertiary/aromatic N) is 2. The molecule has 0 saturated heterocycles. The molecule has 0 bridgehead atoms. The first-order valence-corrected chi connectivity index (χ1v) is 7.91. The third-order valence-corrected chi connectivity index (χ3v) is 4.92. The molecule has 110 valence electrons. The number of benzene rings is 1. The minimum Gasteiger partial charge on any atom is -0.480 e. The third kappa shape index (κ3) is 2.71. The van der Waals surface area contributed by atoms with Crippen molar-refractivity contribution in [1.82, 2.24) is 9.88 Å². The summed E-state index contributed by atoms with van der Waals surface area (Å²) >= 11 is 1.61. The Morgan fingerprint density at radius 3 is 2.76 bits per heavy atom. The summed E-state index contributed by atoms with van der Waals surface area (Å²) < 4.78 is 0. The van der Waals surface area contributed by atoms with Gasteiger partial charge >= 0.3 is 5.97 Å². The molecular weight excluding hydrogens is 284 g/mol. The first-order chi connectivity index (χ1) is 10.1. The molecule has 21 heavy (non-hydrogen) atoms. The van der Waals surface area contributed by atoms with Gasteiger partial charge in [-0.25, -0.2) is 4.98 Å². The van der Waals surface area contributed by atoms with Crippen LogP contribution in [-0.2, 0) is 17.8 Å². The molecule has 2 unspecified atom stereocenters. The van der Waals surface area contributed by atoms with Crippen molar-refractivity contribution in [3.05, 3.63) is 51.5 Å². The molecule has 4 nitrogen and oxygen atoms in total. The fourth-order valence-electron chi connectivity index (χ4n) is 2.92. The van der Waals surface area contributed by atoms with Crippen LogP contribution in [0.3, 0.4) is 0 Å². The van der Waals surface area contributed by atoms with E-state index in [0.29, 0.717) is 13.0 Å². The number of hydrogen-bond acceptors (Lipinski definition) is 4. The van der Waals surface area contributed by atoms with Crippen molar-refractivity contribution in [3.63, 3.8) is 0 Å². The minimum absolute atomic E-state index is 0.00408. The molecule has 5 heteroatoms. The predicted molar refractivity (Wildman–Crippen MR) is 82.4 cm³/mol. The van der Waals surface area contributed by atoms with Crippen molar-refractivity contribution in [1.29, 1.82) is 0 Å². The zero-order chi connectivity index (χ0) is 15.0. The van der Waals surface area contributed by atoms with E-state index in [1.807, 2.05) is 42.3 Å². The molecule has 2 aromatic rings. The van der Waals surface area contributed by atoms with Crippen molar-refractivity contribution >= 4 is 17.3 Å². The van der Waals surface area contributed by atoms with E-state index in [1.54, 1.807) is 11.3 Å². The Labute approximate surface area is 128 Å². The number of hydrogen-bond donors (Lipinski definition) is 1. The first kappa shape index (κ1) is 14.2. The number of rotatable bonds is 3. The summed E-state index contributed by atoms with van der Waals surface area (Å²) in [7, 11) is 0. The summed E-state index contributed by atoms with van der Waals surface area (Å²) in [5.74, 6) is -0.761. The molecule has 1 aromatic heterocycles.